The summed E-state index contributed by atoms with van der Waals surface area (Å²) in [6.45, 7) is 0.114. The monoisotopic (exact) mass is 312 g/mol. The summed E-state index contributed by atoms with van der Waals surface area (Å²) in [5.74, 6) is 1.07. The normalized spacial score (nSPS) is 10.4. The summed E-state index contributed by atoms with van der Waals surface area (Å²) in [6.07, 6.45) is 0. The quantitative estimate of drug-likeness (QED) is 0.904. The van der Waals surface area contributed by atoms with Crippen molar-refractivity contribution in [2.75, 3.05) is 7.11 Å². The van der Waals surface area contributed by atoms with Crippen molar-refractivity contribution in [3.05, 3.63) is 57.6 Å². The number of benzene rings is 2. The summed E-state index contributed by atoms with van der Waals surface area (Å²) in [7, 11) is 1.55. The van der Waals surface area contributed by atoms with Crippen molar-refractivity contribution in [3.8, 4) is 11.5 Å². The molecule has 1 N–H and O–H groups in total. The summed E-state index contributed by atoms with van der Waals surface area (Å²) in [6, 6.07) is 10.7. The van der Waals surface area contributed by atoms with Gasteiger partial charge in [-0.05, 0) is 12.1 Å². The molecule has 5 heteroatoms. The topological polar surface area (TPSA) is 38.7 Å². The van der Waals surface area contributed by atoms with E-state index in [1.54, 1.807) is 31.4 Å². The predicted molar refractivity (Wildman–Crippen MR) is 79.7 cm³/mol. The fourth-order valence-corrected chi connectivity index (χ4v) is 2.19. The largest absolute Gasteiger partial charge is 0.493 e. The average molecular weight is 313 g/mol. The van der Waals surface area contributed by atoms with E-state index in [-0.39, 0.29) is 13.2 Å². The van der Waals surface area contributed by atoms with Crippen LogP contribution >= 0.6 is 23.2 Å². The highest BCUT2D eigenvalue weighted by atomic mass is 35.5. The number of ether oxygens (including phenoxy) is 2. The Morgan fingerprint density at radius 1 is 1.05 bits per heavy atom. The van der Waals surface area contributed by atoms with Crippen LogP contribution in [0.15, 0.2) is 36.4 Å². The van der Waals surface area contributed by atoms with E-state index in [1.165, 1.54) is 0 Å². The second-order valence-corrected chi connectivity index (χ2v) is 4.89. The average Bonchev–Trinajstić information content (AvgIpc) is 2.48. The van der Waals surface area contributed by atoms with Gasteiger partial charge in [-0.3, -0.25) is 0 Å². The third-order valence-corrected chi connectivity index (χ3v) is 3.71. The highest BCUT2D eigenvalue weighted by Gasteiger charge is 2.11. The van der Waals surface area contributed by atoms with Gasteiger partial charge in [0, 0.05) is 11.1 Å². The van der Waals surface area contributed by atoms with Crippen LogP contribution in [-0.2, 0) is 13.2 Å². The van der Waals surface area contributed by atoms with E-state index in [0.29, 0.717) is 27.1 Å². The molecule has 0 spiro atoms. The highest BCUT2D eigenvalue weighted by Crippen LogP contribution is 2.33. The number of para-hydroxylation sites is 1. The van der Waals surface area contributed by atoms with Gasteiger partial charge in [-0.2, -0.15) is 0 Å². The summed E-state index contributed by atoms with van der Waals surface area (Å²) < 4.78 is 11.0. The second kappa shape index (κ2) is 6.84. The third kappa shape index (κ3) is 3.18. The van der Waals surface area contributed by atoms with Crippen molar-refractivity contribution in [1.82, 2.24) is 0 Å². The molecular weight excluding hydrogens is 299 g/mol. The van der Waals surface area contributed by atoms with Crippen LogP contribution in [0, 0.1) is 0 Å². The summed E-state index contributed by atoms with van der Waals surface area (Å²) in [5, 5.41) is 10.3. The van der Waals surface area contributed by atoms with Crippen molar-refractivity contribution in [1.29, 1.82) is 0 Å². The first kappa shape index (κ1) is 15.0. The Kier molecular flexibility index (Phi) is 5.12. The Hall–Kier alpha value is -1.42. The van der Waals surface area contributed by atoms with Gasteiger partial charge in [0.15, 0.2) is 11.5 Å². The fraction of sp³-hybridized carbons (Fsp3) is 0.200. The molecule has 0 aliphatic heterocycles. The molecule has 2 aromatic carbocycles. The molecule has 0 aliphatic rings. The van der Waals surface area contributed by atoms with E-state index in [2.05, 4.69) is 0 Å². The molecule has 0 saturated heterocycles. The molecule has 0 radical (unpaired) electrons. The molecule has 0 amide bonds. The molecule has 106 valence electrons. The Balaban J connectivity index is 2.24. The molecule has 0 atom stereocenters. The van der Waals surface area contributed by atoms with Crippen LogP contribution in [-0.4, -0.2) is 12.2 Å². The van der Waals surface area contributed by atoms with Gasteiger partial charge in [-0.1, -0.05) is 47.5 Å². The number of methoxy groups -OCH3 is 1. The molecule has 0 heterocycles. The first-order valence-electron chi connectivity index (χ1n) is 5.99. The summed E-state index contributed by atoms with van der Waals surface area (Å²) in [5.41, 5.74) is 1.43. The smallest absolute Gasteiger partial charge is 0.167 e. The number of rotatable bonds is 5. The molecule has 0 fully saturated rings. The molecule has 2 rings (SSSR count). The number of aliphatic hydroxyl groups is 1. The first-order chi connectivity index (χ1) is 9.67. The van der Waals surface area contributed by atoms with Crippen molar-refractivity contribution in [2.24, 2.45) is 0 Å². The summed E-state index contributed by atoms with van der Waals surface area (Å²) in [4.78, 5) is 0. The maximum absolute atomic E-state index is 9.35. The Bertz CT molecular complexity index is 577. The van der Waals surface area contributed by atoms with Crippen LogP contribution in [0.25, 0.3) is 0 Å². The predicted octanol–water partition coefficient (Wildman–Crippen LogP) is 4.07. The lowest BCUT2D eigenvalue weighted by molar-refractivity contribution is 0.250. The molecular formula is C15H14Cl2O3. The maximum atomic E-state index is 9.35. The molecule has 0 saturated carbocycles. The van der Waals surface area contributed by atoms with Crippen molar-refractivity contribution < 1.29 is 14.6 Å². The van der Waals surface area contributed by atoms with E-state index in [4.69, 9.17) is 32.7 Å². The minimum absolute atomic E-state index is 0.129. The Morgan fingerprint density at radius 3 is 2.45 bits per heavy atom. The zero-order valence-electron chi connectivity index (χ0n) is 10.9. The molecule has 2 aromatic rings. The van der Waals surface area contributed by atoms with Gasteiger partial charge in [0.05, 0.1) is 23.8 Å². The zero-order chi connectivity index (χ0) is 14.5. The molecule has 0 bridgehead atoms. The first-order valence-corrected chi connectivity index (χ1v) is 6.75. The minimum Gasteiger partial charge on any atom is -0.493 e. The lowest BCUT2D eigenvalue weighted by Crippen LogP contribution is -2.01. The van der Waals surface area contributed by atoms with Gasteiger partial charge in [-0.25, -0.2) is 0 Å². The molecule has 0 unspecified atom stereocenters. The van der Waals surface area contributed by atoms with E-state index in [9.17, 15) is 5.11 Å². The summed E-state index contributed by atoms with van der Waals surface area (Å²) >= 11 is 12.1. The zero-order valence-corrected chi connectivity index (χ0v) is 12.4. The van der Waals surface area contributed by atoms with E-state index < -0.39 is 0 Å². The van der Waals surface area contributed by atoms with Crippen LogP contribution in [0.1, 0.15) is 11.1 Å². The number of aliphatic hydroxyl groups excluding tert-OH is 1. The van der Waals surface area contributed by atoms with Gasteiger partial charge in [-0.15, -0.1) is 0 Å². The third-order valence-electron chi connectivity index (χ3n) is 2.85. The molecule has 0 aromatic heterocycles. The number of hydrogen-bond acceptors (Lipinski definition) is 3. The van der Waals surface area contributed by atoms with Crippen molar-refractivity contribution in [2.45, 2.75) is 13.2 Å². The van der Waals surface area contributed by atoms with Gasteiger partial charge in [0.1, 0.15) is 6.61 Å². The molecule has 20 heavy (non-hydrogen) atoms. The van der Waals surface area contributed by atoms with Crippen LogP contribution < -0.4 is 9.47 Å². The number of halogens is 2. The molecule has 0 aliphatic carbocycles. The van der Waals surface area contributed by atoms with E-state index in [1.807, 2.05) is 12.1 Å². The van der Waals surface area contributed by atoms with Crippen molar-refractivity contribution >= 4 is 23.2 Å². The van der Waals surface area contributed by atoms with Gasteiger partial charge >= 0.3 is 0 Å². The SMILES string of the molecule is COc1cccc(CO)c1OCc1cccc(Cl)c1Cl. The van der Waals surface area contributed by atoms with Gasteiger partial charge in [0.25, 0.3) is 0 Å². The fourth-order valence-electron chi connectivity index (χ4n) is 1.82. The lowest BCUT2D eigenvalue weighted by Gasteiger charge is -2.14. The van der Waals surface area contributed by atoms with Crippen LogP contribution in [0.2, 0.25) is 10.0 Å². The van der Waals surface area contributed by atoms with Gasteiger partial charge in [0.2, 0.25) is 0 Å². The van der Waals surface area contributed by atoms with Crippen LogP contribution in [0.3, 0.4) is 0 Å². The Morgan fingerprint density at radius 2 is 1.75 bits per heavy atom. The lowest BCUT2D eigenvalue weighted by atomic mass is 10.2. The van der Waals surface area contributed by atoms with Crippen LogP contribution in [0.5, 0.6) is 11.5 Å². The maximum Gasteiger partial charge on any atom is 0.167 e. The second-order valence-electron chi connectivity index (χ2n) is 4.11. The standard InChI is InChI=1S/C15H14Cl2O3/c1-19-13-7-3-4-10(8-18)15(13)20-9-11-5-2-6-12(16)14(11)17/h2-7,18H,8-9H2,1H3. The number of hydrogen-bond donors (Lipinski definition) is 1. The van der Waals surface area contributed by atoms with Gasteiger partial charge < -0.3 is 14.6 Å². The van der Waals surface area contributed by atoms with Crippen LogP contribution in [0.4, 0.5) is 0 Å². The van der Waals surface area contributed by atoms with E-state index in [0.717, 1.165) is 5.56 Å². The van der Waals surface area contributed by atoms with E-state index >= 15 is 0 Å². The minimum atomic E-state index is -0.129. The highest BCUT2D eigenvalue weighted by molar-refractivity contribution is 6.42. The van der Waals surface area contributed by atoms with Crippen molar-refractivity contribution in [3.63, 3.8) is 0 Å². The Labute approximate surface area is 127 Å². The molecule has 3 nitrogen and oxygen atoms in total.